The Labute approximate surface area is 134 Å². The van der Waals surface area contributed by atoms with Crippen molar-refractivity contribution in [3.05, 3.63) is 77.4 Å². The molecule has 0 bridgehead atoms. The molecule has 0 aromatic heterocycles. The molecule has 0 nitrogen and oxygen atoms in total. The fourth-order valence-electron chi connectivity index (χ4n) is 2.47. The summed E-state index contributed by atoms with van der Waals surface area (Å²) in [6.45, 7) is 8.71. The maximum atomic E-state index is 2.30. The second kappa shape index (κ2) is 7.79. The molecule has 0 aliphatic carbocycles. The summed E-state index contributed by atoms with van der Waals surface area (Å²) in [5, 5.41) is 2.60. The van der Waals surface area contributed by atoms with E-state index in [1.165, 1.54) is 33.1 Å². The van der Waals surface area contributed by atoms with Crippen LogP contribution in [0.25, 0.3) is 16.3 Å². The Kier molecular flexibility index (Phi) is 5.77. The van der Waals surface area contributed by atoms with Gasteiger partial charge in [0.05, 0.1) is 0 Å². The van der Waals surface area contributed by atoms with E-state index in [2.05, 4.69) is 88.4 Å². The summed E-state index contributed by atoms with van der Waals surface area (Å²) < 4.78 is 0. The van der Waals surface area contributed by atoms with Gasteiger partial charge in [0, 0.05) is 0 Å². The van der Waals surface area contributed by atoms with Gasteiger partial charge in [-0.15, -0.1) is 0 Å². The maximum absolute atomic E-state index is 2.30. The Morgan fingerprint density at radius 2 is 1.59 bits per heavy atom. The van der Waals surface area contributed by atoms with E-state index in [9.17, 15) is 0 Å². The normalized spacial score (nSPS) is 12.5. The van der Waals surface area contributed by atoms with Crippen LogP contribution in [-0.4, -0.2) is 0 Å². The molecule has 0 fully saturated rings. The van der Waals surface area contributed by atoms with Gasteiger partial charge in [0.2, 0.25) is 0 Å². The van der Waals surface area contributed by atoms with Gasteiger partial charge >= 0.3 is 0 Å². The van der Waals surface area contributed by atoms with Gasteiger partial charge in [0.25, 0.3) is 0 Å². The number of rotatable bonds is 5. The molecule has 0 aliphatic heterocycles. The third kappa shape index (κ3) is 4.73. The monoisotopic (exact) mass is 290 g/mol. The molecule has 0 heterocycles. The van der Waals surface area contributed by atoms with Crippen molar-refractivity contribution in [2.45, 2.75) is 40.5 Å². The highest BCUT2D eigenvalue weighted by Crippen LogP contribution is 2.21. The van der Waals surface area contributed by atoms with Crippen molar-refractivity contribution >= 4 is 16.3 Å². The number of fused-ring (bicyclic) bond motifs is 1. The van der Waals surface area contributed by atoms with Gasteiger partial charge in [0.1, 0.15) is 0 Å². The predicted octanol–water partition coefficient (Wildman–Crippen LogP) is 6.94. The van der Waals surface area contributed by atoms with Crippen LogP contribution in [0.2, 0.25) is 0 Å². The molecule has 0 aliphatic rings. The summed E-state index contributed by atoms with van der Waals surface area (Å²) in [6.07, 6.45) is 9.06. The molecule has 2 aromatic rings. The van der Waals surface area contributed by atoms with E-state index in [4.69, 9.17) is 0 Å². The average Bonchev–Trinajstić information content (AvgIpc) is 2.51. The zero-order valence-electron chi connectivity index (χ0n) is 14.2. The molecule has 0 saturated carbocycles. The molecule has 0 spiro atoms. The first-order valence-corrected chi connectivity index (χ1v) is 8.03. The Morgan fingerprint density at radius 1 is 0.864 bits per heavy atom. The summed E-state index contributed by atoms with van der Waals surface area (Å²) in [5.74, 6) is 0. The van der Waals surface area contributed by atoms with Crippen LogP contribution in [0.5, 0.6) is 0 Å². The van der Waals surface area contributed by atoms with Crippen molar-refractivity contribution in [3.8, 4) is 0 Å². The van der Waals surface area contributed by atoms with Gasteiger partial charge in [-0.05, 0) is 68.5 Å². The van der Waals surface area contributed by atoms with Gasteiger partial charge in [-0.1, -0.05) is 65.8 Å². The number of benzene rings is 2. The fourth-order valence-corrected chi connectivity index (χ4v) is 2.47. The summed E-state index contributed by atoms with van der Waals surface area (Å²) in [4.78, 5) is 0. The molecule has 2 rings (SSSR count). The van der Waals surface area contributed by atoms with Crippen LogP contribution in [0.4, 0.5) is 0 Å². The van der Waals surface area contributed by atoms with E-state index in [1.54, 1.807) is 0 Å². The quantitative estimate of drug-likeness (QED) is 0.413. The smallest absolute Gasteiger partial charge is 0.0178 e. The lowest BCUT2D eigenvalue weighted by Gasteiger charge is -2.04. The topological polar surface area (TPSA) is 0 Å². The first-order valence-electron chi connectivity index (χ1n) is 8.03. The third-order valence-corrected chi connectivity index (χ3v) is 3.91. The van der Waals surface area contributed by atoms with Crippen LogP contribution in [0.15, 0.2) is 71.8 Å². The molecule has 0 amide bonds. The van der Waals surface area contributed by atoms with Crippen LogP contribution in [0.1, 0.15) is 46.1 Å². The standard InChI is InChI=1S/C22H26/c1-17(2)8-7-9-18(3)12-13-19(4)21-15-14-20-10-5-6-11-22(20)16-21/h5-6,8,10-16H,7,9H2,1-4H3/b18-12+,19-13+. The van der Waals surface area contributed by atoms with E-state index >= 15 is 0 Å². The first kappa shape index (κ1) is 16.3. The first-order chi connectivity index (χ1) is 10.6. The highest BCUT2D eigenvalue weighted by Gasteiger charge is 1.97. The van der Waals surface area contributed by atoms with Crippen molar-refractivity contribution in [2.75, 3.05) is 0 Å². The second-order valence-corrected chi connectivity index (χ2v) is 6.24. The zero-order valence-corrected chi connectivity index (χ0v) is 14.2. The van der Waals surface area contributed by atoms with E-state index in [-0.39, 0.29) is 0 Å². The van der Waals surface area contributed by atoms with Gasteiger partial charge < -0.3 is 0 Å². The Hall–Kier alpha value is -2.08. The van der Waals surface area contributed by atoms with Crippen molar-refractivity contribution in [3.63, 3.8) is 0 Å². The summed E-state index contributed by atoms with van der Waals surface area (Å²) in [6, 6.07) is 15.2. The minimum atomic E-state index is 1.13. The third-order valence-electron chi connectivity index (χ3n) is 3.91. The van der Waals surface area contributed by atoms with Crippen molar-refractivity contribution in [1.82, 2.24) is 0 Å². The fraction of sp³-hybridized carbons (Fsp3) is 0.273. The second-order valence-electron chi connectivity index (χ2n) is 6.24. The summed E-state index contributed by atoms with van der Waals surface area (Å²) in [7, 11) is 0. The highest BCUT2D eigenvalue weighted by atomic mass is 14.0. The summed E-state index contributed by atoms with van der Waals surface area (Å²) in [5.41, 5.74) is 5.44. The van der Waals surface area contributed by atoms with Crippen LogP contribution in [0, 0.1) is 0 Å². The molecule has 0 radical (unpaired) electrons. The number of hydrogen-bond acceptors (Lipinski definition) is 0. The SMILES string of the molecule is CC(C)=CCC/C(C)=C/C=C(\C)c1ccc2ccccc2c1. The van der Waals surface area contributed by atoms with Gasteiger partial charge in [-0.25, -0.2) is 0 Å². The lowest BCUT2D eigenvalue weighted by Crippen LogP contribution is -1.81. The van der Waals surface area contributed by atoms with Crippen LogP contribution >= 0.6 is 0 Å². The number of hydrogen-bond donors (Lipinski definition) is 0. The molecular formula is C22H26. The maximum Gasteiger partial charge on any atom is -0.0178 e. The van der Waals surface area contributed by atoms with Gasteiger partial charge in [-0.3, -0.25) is 0 Å². The Morgan fingerprint density at radius 3 is 2.32 bits per heavy atom. The molecule has 0 unspecified atom stereocenters. The van der Waals surface area contributed by atoms with Crippen molar-refractivity contribution in [2.24, 2.45) is 0 Å². The number of allylic oxidation sites excluding steroid dienone is 6. The lowest BCUT2D eigenvalue weighted by atomic mass is 10.0. The summed E-state index contributed by atoms with van der Waals surface area (Å²) >= 11 is 0. The molecule has 0 saturated heterocycles. The van der Waals surface area contributed by atoms with E-state index < -0.39 is 0 Å². The van der Waals surface area contributed by atoms with E-state index in [1.807, 2.05) is 0 Å². The molecule has 0 atom stereocenters. The largest absolute Gasteiger partial charge is 0.0856 e. The van der Waals surface area contributed by atoms with Crippen LogP contribution < -0.4 is 0 Å². The lowest BCUT2D eigenvalue weighted by molar-refractivity contribution is 0.967. The van der Waals surface area contributed by atoms with Crippen LogP contribution in [0.3, 0.4) is 0 Å². The van der Waals surface area contributed by atoms with E-state index in [0.717, 1.165) is 12.8 Å². The van der Waals surface area contributed by atoms with Crippen molar-refractivity contribution < 1.29 is 0 Å². The molecule has 0 heteroatoms. The Bertz CT molecular complexity index is 723. The molecule has 0 N–H and O–H groups in total. The molecular weight excluding hydrogens is 264 g/mol. The van der Waals surface area contributed by atoms with E-state index in [0.29, 0.717) is 0 Å². The van der Waals surface area contributed by atoms with Crippen LogP contribution in [-0.2, 0) is 0 Å². The van der Waals surface area contributed by atoms with Gasteiger partial charge in [-0.2, -0.15) is 0 Å². The molecule has 22 heavy (non-hydrogen) atoms. The average molecular weight is 290 g/mol. The minimum absolute atomic E-state index is 1.13. The zero-order chi connectivity index (χ0) is 15.9. The van der Waals surface area contributed by atoms with Crippen molar-refractivity contribution in [1.29, 1.82) is 0 Å². The minimum Gasteiger partial charge on any atom is -0.0856 e. The predicted molar refractivity (Wildman–Crippen MR) is 100 cm³/mol. The highest BCUT2D eigenvalue weighted by molar-refractivity contribution is 5.86. The Balaban J connectivity index is 2.11. The molecule has 2 aromatic carbocycles. The van der Waals surface area contributed by atoms with Gasteiger partial charge in [0.15, 0.2) is 0 Å². The molecule has 114 valence electrons.